The standard InChI is InChI=1S/C29H24F4O5/c1-3-5-22(28(35)36)19-8-6-18(7-9-19)20-11-13-26(25(30)15-20)38-17-21-10-12-24(29(31,32)33)27(23(21)16-34)37-14-4-2/h3-4,6-13,15-16,22H,1-2,5,14,17H2,(H,35,36). The molecule has 0 heterocycles. The molecule has 0 amide bonds. The van der Waals surface area contributed by atoms with Gasteiger partial charge in [0.05, 0.1) is 17.0 Å². The van der Waals surface area contributed by atoms with Crippen molar-refractivity contribution in [3.05, 3.63) is 108 Å². The van der Waals surface area contributed by atoms with Gasteiger partial charge in [0.15, 0.2) is 17.9 Å². The Morgan fingerprint density at radius 3 is 2.21 bits per heavy atom. The zero-order chi connectivity index (χ0) is 27.9. The predicted molar refractivity (Wildman–Crippen MR) is 134 cm³/mol. The summed E-state index contributed by atoms with van der Waals surface area (Å²) >= 11 is 0. The number of carboxylic acid groups (broad SMARTS) is 1. The summed E-state index contributed by atoms with van der Waals surface area (Å²) in [5.41, 5.74) is 0.331. The first-order valence-electron chi connectivity index (χ1n) is 11.4. The summed E-state index contributed by atoms with van der Waals surface area (Å²) < 4.78 is 65.7. The fourth-order valence-corrected chi connectivity index (χ4v) is 3.82. The summed E-state index contributed by atoms with van der Waals surface area (Å²) in [5, 5.41) is 9.39. The summed E-state index contributed by atoms with van der Waals surface area (Å²) in [5.74, 6) is -3.27. The van der Waals surface area contributed by atoms with Gasteiger partial charge in [-0.15, -0.1) is 6.58 Å². The highest BCUT2D eigenvalue weighted by molar-refractivity contribution is 5.83. The third-order valence-corrected chi connectivity index (χ3v) is 5.72. The van der Waals surface area contributed by atoms with Crippen molar-refractivity contribution in [1.82, 2.24) is 0 Å². The second-order valence-corrected chi connectivity index (χ2v) is 8.20. The number of allylic oxidation sites excluding steroid dienone is 1. The lowest BCUT2D eigenvalue weighted by Crippen LogP contribution is -2.13. The molecule has 0 fully saturated rings. The van der Waals surface area contributed by atoms with E-state index in [1.807, 2.05) is 0 Å². The number of hydrogen-bond acceptors (Lipinski definition) is 4. The monoisotopic (exact) mass is 528 g/mol. The van der Waals surface area contributed by atoms with Crippen LogP contribution < -0.4 is 9.47 Å². The Balaban J connectivity index is 1.82. The molecule has 3 aromatic rings. The van der Waals surface area contributed by atoms with Crippen molar-refractivity contribution >= 4 is 12.3 Å². The summed E-state index contributed by atoms with van der Waals surface area (Å²) in [6, 6.07) is 12.7. The maximum Gasteiger partial charge on any atom is 0.419 e. The smallest absolute Gasteiger partial charge is 0.419 e. The molecular weight excluding hydrogens is 504 g/mol. The molecule has 0 aliphatic rings. The van der Waals surface area contributed by atoms with Gasteiger partial charge in [-0.1, -0.05) is 55.1 Å². The van der Waals surface area contributed by atoms with Crippen LogP contribution in [0, 0.1) is 5.82 Å². The van der Waals surface area contributed by atoms with Crippen molar-refractivity contribution in [3.8, 4) is 22.6 Å². The lowest BCUT2D eigenvalue weighted by atomic mass is 9.94. The maximum atomic E-state index is 14.8. The number of carbonyl (C=O) groups is 2. The van der Waals surface area contributed by atoms with Crippen molar-refractivity contribution in [3.63, 3.8) is 0 Å². The summed E-state index contributed by atoms with van der Waals surface area (Å²) in [7, 11) is 0. The van der Waals surface area contributed by atoms with Gasteiger partial charge >= 0.3 is 12.1 Å². The van der Waals surface area contributed by atoms with E-state index in [0.717, 1.165) is 12.1 Å². The van der Waals surface area contributed by atoms with E-state index in [2.05, 4.69) is 13.2 Å². The van der Waals surface area contributed by atoms with Crippen molar-refractivity contribution in [2.24, 2.45) is 0 Å². The van der Waals surface area contributed by atoms with Gasteiger partial charge in [0.25, 0.3) is 0 Å². The lowest BCUT2D eigenvalue weighted by Gasteiger charge is -2.18. The molecule has 1 N–H and O–H groups in total. The number of alkyl halides is 3. The van der Waals surface area contributed by atoms with Crippen molar-refractivity contribution in [2.45, 2.75) is 25.1 Å². The maximum absolute atomic E-state index is 14.8. The molecule has 0 saturated heterocycles. The quantitative estimate of drug-likeness (QED) is 0.153. The molecule has 9 heteroatoms. The predicted octanol–water partition coefficient (Wildman–Crippen LogP) is 7.21. The van der Waals surface area contributed by atoms with Crippen molar-refractivity contribution < 1.29 is 41.7 Å². The van der Waals surface area contributed by atoms with Gasteiger partial charge in [-0.05, 0) is 41.3 Å². The molecule has 5 nitrogen and oxygen atoms in total. The fourth-order valence-electron chi connectivity index (χ4n) is 3.82. The highest BCUT2D eigenvalue weighted by Gasteiger charge is 2.36. The number of halogens is 4. The average Bonchev–Trinajstić information content (AvgIpc) is 2.88. The van der Waals surface area contributed by atoms with Gasteiger partial charge in [0.1, 0.15) is 19.0 Å². The minimum Gasteiger partial charge on any atom is -0.488 e. The van der Waals surface area contributed by atoms with Crippen LogP contribution >= 0.6 is 0 Å². The number of aliphatic carboxylic acids is 1. The molecule has 0 saturated carbocycles. The molecule has 38 heavy (non-hydrogen) atoms. The third kappa shape index (κ3) is 6.47. The molecular formula is C29H24F4O5. The Hall–Kier alpha value is -4.40. The van der Waals surface area contributed by atoms with Crippen LogP contribution in [0.4, 0.5) is 17.6 Å². The molecule has 1 unspecified atom stereocenters. The number of aldehydes is 1. The molecule has 0 aliphatic carbocycles. The molecule has 0 radical (unpaired) electrons. The third-order valence-electron chi connectivity index (χ3n) is 5.72. The minimum absolute atomic E-state index is 0.0821. The Morgan fingerprint density at radius 2 is 1.66 bits per heavy atom. The van der Waals surface area contributed by atoms with E-state index in [1.165, 1.54) is 24.3 Å². The number of ether oxygens (including phenoxy) is 2. The number of benzene rings is 3. The van der Waals surface area contributed by atoms with Crippen LogP contribution in [0.2, 0.25) is 0 Å². The number of carbonyl (C=O) groups excluding carboxylic acids is 1. The first-order chi connectivity index (χ1) is 18.1. The van der Waals surface area contributed by atoms with Crippen LogP contribution in [-0.2, 0) is 17.6 Å². The Kier molecular flexibility index (Phi) is 9.07. The van der Waals surface area contributed by atoms with Gasteiger partial charge in [0.2, 0.25) is 0 Å². The first kappa shape index (κ1) is 28.2. The normalized spacial score (nSPS) is 11.9. The van der Waals surface area contributed by atoms with Gasteiger partial charge in [-0.2, -0.15) is 13.2 Å². The second kappa shape index (κ2) is 12.2. The summed E-state index contributed by atoms with van der Waals surface area (Å²) in [6.07, 6.45) is -1.48. The van der Waals surface area contributed by atoms with Crippen LogP contribution in [-0.4, -0.2) is 24.0 Å². The van der Waals surface area contributed by atoms with Crippen molar-refractivity contribution in [1.29, 1.82) is 0 Å². The van der Waals surface area contributed by atoms with Crippen LogP contribution in [0.15, 0.2) is 79.9 Å². The van der Waals surface area contributed by atoms with E-state index < -0.39 is 35.2 Å². The van der Waals surface area contributed by atoms with Crippen molar-refractivity contribution in [2.75, 3.05) is 6.61 Å². The van der Waals surface area contributed by atoms with Gasteiger partial charge in [-0.3, -0.25) is 9.59 Å². The SMILES string of the molecule is C=CCOc1c(C(F)(F)F)ccc(COc2ccc(-c3ccc(C(CC=C)C(=O)O)cc3)cc2F)c1C=O. The minimum atomic E-state index is -4.76. The van der Waals surface area contributed by atoms with Crippen LogP contribution in [0.25, 0.3) is 11.1 Å². The molecule has 0 aliphatic heterocycles. The average molecular weight is 528 g/mol. The first-order valence-corrected chi connectivity index (χ1v) is 11.4. The van der Waals surface area contributed by atoms with Crippen LogP contribution in [0.3, 0.4) is 0 Å². The van der Waals surface area contributed by atoms with E-state index >= 15 is 0 Å². The van der Waals surface area contributed by atoms with E-state index in [1.54, 1.807) is 30.3 Å². The highest BCUT2D eigenvalue weighted by Crippen LogP contribution is 2.39. The zero-order valence-electron chi connectivity index (χ0n) is 20.1. The Labute approximate surface area is 216 Å². The largest absolute Gasteiger partial charge is 0.488 e. The molecule has 1 atom stereocenters. The molecule has 3 aromatic carbocycles. The van der Waals surface area contributed by atoms with E-state index in [0.29, 0.717) is 16.7 Å². The summed E-state index contributed by atoms with van der Waals surface area (Å²) in [6.45, 7) is 6.33. The Bertz CT molecular complexity index is 1330. The van der Waals surface area contributed by atoms with Crippen LogP contribution in [0.5, 0.6) is 11.5 Å². The van der Waals surface area contributed by atoms with Gasteiger partial charge in [0, 0.05) is 5.56 Å². The molecule has 3 rings (SSSR count). The zero-order valence-corrected chi connectivity index (χ0v) is 20.1. The summed E-state index contributed by atoms with van der Waals surface area (Å²) in [4.78, 5) is 23.1. The Morgan fingerprint density at radius 1 is 0.974 bits per heavy atom. The molecule has 0 bridgehead atoms. The molecule has 198 valence electrons. The van der Waals surface area contributed by atoms with Gasteiger partial charge in [-0.25, -0.2) is 4.39 Å². The molecule has 0 spiro atoms. The second-order valence-electron chi connectivity index (χ2n) is 8.20. The fraction of sp³-hybridized carbons (Fsp3) is 0.172. The molecule has 0 aromatic heterocycles. The van der Waals surface area contributed by atoms with E-state index in [9.17, 15) is 32.3 Å². The van der Waals surface area contributed by atoms with E-state index in [-0.39, 0.29) is 42.8 Å². The highest BCUT2D eigenvalue weighted by atomic mass is 19.4. The number of carboxylic acids is 1. The topological polar surface area (TPSA) is 72.8 Å². The number of hydrogen-bond donors (Lipinski definition) is 1. The van der Waals surface area contributed by atoms with E-state index in [4.69, 9.17) is 9.47 Å². The van der Waals surface area contributed by atoms with Gasteiger partial charge < -0.3 is 14.6 Å². The van der Waals surface area contributed by atoms with Crippen LogP contribution in [0.1, 0.15) is 39.4 Å². The number of rotatable bonds is 12. The lowest BCUT2D eigenvalue weighted by molar-refractivity contribution is -0.139.